The van der Waals surface area contributed by atoms with Crippen LogP contribution in [0.2, 0.25) is 0 Å². The minimum Gasteiger partial charge on any atom is -0.435 e. The summed E-state index contributed by atoms with van der Waals surface area (Å²) in [6.45, 7) is 3.35. The molecular weight excluding hydrogens is 232 g/mol. The fraction of sp³-hybridized carbons (Fsp3) is 0.0714. The molecule has 0 spiro atoms. The van der Waals surface area contributed by atoms with Crippen molar-refractivity contribution in [1.82, 2.24) is 0 Å². The van der Waals surface area contributed by atoms with Crippen molar-refractivity contribution in [3.8, 4) is 0 Å². The van der Waals surface area contributed by atoms with Crippen LogP contribution in [0.3, 0.4) is 0 Å². The van der Waals surface area contributed by atoms with Crippen LogP contribution in [0.25, 0.3) is 10.8 Å². The lowest BCUT2D eigenvalue weighted by atomic mass is 10.1. The Hall–Kier alpha value is -1.74. The Bertz CT molecular complexity index is 543. The van der Waals surface area contributed by atoms with E-state index in [1.165, 1.54) is 17.1 Å². The van der Waals surface area contributed by atoms with Gasteiger partial charge in [-0.15, -0.1) is 11.8 Å². The lowest BCUT2D eigenvalue weighted by Gasteiger charge is -2.05. The van der Waals surface area contributed by atoms with Crippen LogP contribution >= 0.6 is 11.8 Å². The van der Waals surface area contributed by atoms with Crippen LogP contribution < -0.4 is 0 Å². The Labute approximate surface area is 104 Å². The first-order valence-corrected chi connectivity index (χ1v) is 6.21. The highest BCUT2D eigenvalue weighted by molar-refractivity contribution is 8.00. The number of thioether (sulfide) groups is 1. The van der Waals surface area contributed by atoms with Gasteiger partial charge in [0.25, 0.3) is 0 Å². The summed E-state index contributed by atoms with van der Waals surface area (Å²) >= 11 is 1.48. The van der Waals surface area contributed by atoms with Crippen molar-refractivity contribution < 1.29 is 9.53 Å². The molecule has 0 heterocycles. The van der Waals surface area contributed by atoms with Crippen molar-refractivity contribution in [3.05, 3.63) is 55.3 Å². The topological polar surface area (TPSA) is 26.3 Å². The van der Waals surface area contributed by atoms with Crippen LogP contribution in [0.5, 0.6) is 0 Å². The van der Waals surface area contributed by atoms with Gasteiger partial charge in [0.05, 0.1) is 12.0 Å². The Morgan fingerprint density at radius 1 is 1.24 bits per heavy atom. The van der Waals surface area contributed by atoms with Crippen molar-refractivity contribution in [2.24, 2.45) is 0 Å². The summed E-state index contributed by atoms with van der Waals surface area (Å²) in [4.78, 5) is 12.3. The number of fused-ring (bicyclic) bond motifs is 1. The maximum Gasteiger partial charge on any atom is 0.321 e. The van der Waals surface area contributed by atoms with Crippen LogP contribution in [0.4, 0.5) is 0 Å². The molecule has 2 rings (SSSR count). The molecule has 17 heavy (non-hydrogen) atoms. The monoisotopic (exact) mass is 244 g/mol. The average Bonchev–Trinajstić information content (AvgIpc) is 2.36. The summed E-state index contributed by atoms with van der Waals surface area (Å²) < 4.78 is 4.68. The molecule has 0 saturated carbocycles. The highest BCUT2D eigenvalue weighted by atomic mass is 32.2. The Kier molecular flexibility index (Phi) is 3.83. The molecular formula is C14H12O2S. The molecule has 0 aromatic heterocycles. The highest BCUT2D eigenvalue weighted by Gasteiger charge is 2.05. The molecule has 0 amide bonds. The van der Waals surface area contributed by atoms with Gasteiger partial charge in [0.1, 0.15) is 0 Å². The highest BCUT2D eigenvalue weighted by Crippen LogP contribution is 2.27. The zero-order valence-electron chi connectivity index (χ0n) is 9.26. The number of hydrogen-bond donors (Lipinski definition) is 0. The molecule has 2 aromatic carbocycles. The molecule has 0 unspecified atom stereocenters. The van der Waals surface area contributed by atoms with Gasteiger partial charge in [0, 0.05) is 4.90 Å². The number of benzene rings is 2. The first kappa shape index (κ1) is 11.7. The zero-order chi connectivity index (χ0) is 12.1. The molecule has 2 nitrogen and oxygen atoms in total. The Morgan fingerprint density at radius 3 is 2.82 bits per heavy atom. The van der Waals surface area contributed by atoms with Gasteiger partial charge in [-0.05, 0) is 16.8 Å². The lowest BCUT2D eigenvalue weighted by Crippen LogP contribution is -2.02. The van der Waals surface area contributed by atoms with E-state index in [1.807, 2.05) is 24.3 Å². The molecule has 0 saturated heterocycles. The van der Waals surface area contributed by atoms with E-state index < -0.39 is 0 Å². The predicted octanol–water partition coefficient (Wildman–Crippen LogP) is 3.62. The van der Waals surface area contributed by atoms with Crippen molar-refractivity contribution in [2.45, 2.75) is 4.90 Å². The van der Waals surface area contributed by atoms with Crippen molar-refractivity contribution in [1.29, 1.82) is 0 Å². The third-order valence-electron chi connectivity index (χ3n) is 2.31. The van der Waals surface area contributed by atoms with E-state index in [0.29, 0.717) is 5.75 Å². The second-order valence-corrected chi connectivity index (χ2v) is 4.44. The first-order chi connectivity index (χ1) is 8.31. The number of carbonyl (C=O) groups is 1. The largest absolute Gasteiger partial charge is 0.435 e. The van der Waals surface area contributed by atoms with Crippen molar-refractivity contribution >= 4 is 28.5 Å². The van der Waals surface area contributed by atoms with E-state index in [1.54, 1.807) is 0 Å². The maximum atomic E-state index is 11.2. The van der Waals surface area contributed by atoms with Gasteiger partial charge in [-0.25, -0.2) is 0 Å². The summed E-state index contributed by atoms with van der Waals surface area (Å²) in [5, 5.41) is 2.33. The van der Waals surface area contributed by atoms with Gasteiger partial charge in [-0.1, -0.05) is 43.0 Å². The Balaban J connectivity index is 2.18. The summed E-state index contributed by atoms with van der Waals surface area (Å²) in [5.41, 5.74) is 0. The van der Waals surface area contributed by atoms with Crippen LogP contribution in [0.1, 0.15) is 0 Å². The van der Waals surface area contributed by atoms with Crippen LogP contribution in [-0.4, -0.2) is 11.7 Å². The number of rotatable bonds is 4. The second kappa shape index (κ2) is 5.55. The van der Waals surface area contributed by atoms with Gasteiger partial charge in [-0.2, -0.15) is 0 Å². The van der Waals surface area contributed by atoms with Gasteiger partial charge in [-0.3, -0.25) is 4.79 Å². The first-order valence-electron chi connectivity index (χ1n) is 5.22. The van der Waals surface area contributed by atoms with E-state index in [-0.39, 0.29) is 5.97 Å². The third kappa shape index (κ3) is 2.88. The van der Waals surface area contributed by atoms with Gasteiger partial charge < -0.3 is 4.74 Å². The molecule has 2 aromatic rings. The maximum absolute atomic E-state index is 11.2. The standard InChI is InChI=1S/C14H12O2S/c1-2-16-14(15)10-17-13-9-5-7-11-6-3-4-8-12(11)13/h2-9H,1,10H2. The van der Waals surface area contributed by atoms with Gasteiger partial charge in [0.15, 0.2) is 0 Å². The van der Waals surface area contributed by atoms with Gasteiger partial charge >= 0.3 is 5.97 Å². The zero-order valence-corrected chi connectivity index (χ0v) is 10.1. The van der Waals surface area contributed by atoms with E-state index in [4.69, 9.17) is 0 Å². The lowest BCUT2D eigenvalue weighted by molar-refractivity contribution is -0.134. The van der Waals surface area contributed by atoms with E-state index >= 15 is 0 Å². The fourth-order valence-corrected chi connectivity index (χ4v) is 2.44. The van der Waals surface area contributed by atoms with Crippen LogP contribution in [-0.2, 0) is 9.53 Å². The Morgan fingerprint density at radius 2 is 2.00 bits per heavy atom. The molecule has 3 heteroatoms. The fourth-order valence-electron chi connectivity index (χ4n) is 1.59. The van der Waals surface area contributed by atoms with Crippen molar-refractivity contribution in [3.63, 3.8) is 0 Å². The summed E-state index contributed by atoms with van der Waals surface area (Å²) in [6.07, 6.45) is 1.16. The minimum atomic E-state index is -0.280. The summed E-state index contributed by atoms with van der Waals surface area (Å²) in [7, 11) is 0. The van der Waals surface area contributed by atoms with Crippen molar-refractivity contribution in [2.75, 3.05) is 5.75 Å². The molecule has 0 aliphatic heterocycles. The van der Waals surface area contributed by atoms with E-state index in [2.05, 4.69) is 29.5 Å². The number of esters is 1. The number of hydrogen-bond acceptors (Lipinski definition) is 3. The molecule has 0 aliphatic rings. The van der Waals surface area contributed by atoms with Crippen LogP contribution in [0, 0.1) is 0 Å². The smallest absolute Gasteiger partial charge is 0.321 e. The van der Waals surface area contributed by atoms with E-state index in [0.717, 1.165) is 16.5 Å². The van der Waals surface area contributed by atoms with Crippen LogP contribution in [0.15, 0.2) is 60.2 Å². The predicted molar refractivity (Wildman–Crippen MR) is 71.0 cm³/mol. The molecule has 0 fully saturated rings. The molecule has 86 valence electrons. The molecule has 0 atom stereocenters. The quantitative estimate of drug-likeness (QED) is 0.467. The number of ether oxygens (including phenoxy) is 1. The SMILES string of the molecule is C=COC(=O)CSc1cccc2ccccc12. The molecule has 0 N–H and O–H groups in total. The summed E-state index contributed by atoms with van der Waals surface area (Å²) in [5.74, 6) is 0.0120. The number of carbonyl (C=O) groups excluding carboxylic acids is 1. The second-order valence-electron chi connectivity index (χ2n) is 3.42. The average molecular weight is 244 g/mol. The third-order valence-corrected chi connectivity index (χ3v) is 3.36. The van der Waals surface area contributed by atoms with Gasteiger partial charge in [0.2, 0.25) is 0 Å². The molecule has 0 bridgehead atoms. The summed E-state index contributed by atoms with van der Waals surface area (Å²) in [6, 6.07) is 14.2. The normalized spacial score (nSPS) is 10.1. The molecule has 0 aliphatic carbocycles. The van der Waals surface area contributed by atoms with E-state index in [9.17, 15) is 4.79 Å². The molecule has 0 radical (unpaired) electrons. The minimum absolute atomic E-state index is 0.280.